The van der Waals surface area contributed by atoms with Crippen molar-refractivity contribution in [3.8, 4) is 11.5 Å². The van der Waals surface area contributed by atoms with Gasteiger partial charge in [-0.05, 0) is 75.6 Å². The minimum atomic E-state index is -0.994. The highest BCUT2D eigenvalue weighted by atomic mass is 32.1. The molecule has 3 aromatic rings. The van der Waals surface area contributed by atoms with Crippen molar-refractivity contribution in [1.29, 1.82) is 0 Å². The number of aromatic nitrogens is 1. The molecule has 0 saturated carbocycles. The third-order valence-electron chi connectivity index (χ3n) is 6.62. The highest BCUT2D eigenvalue weighted by Crippen LogP contribution is 2.44. The molecule has 2 aromatic carbocycles. The quantitative estimate of drug-likeness (QED) is 0.0949. The number of carbonyl (C=O) groups is 3. The van der Waals surface area contributed by atoms with Crippen molar-refractivity contribution in [3.63, 3.8) is 0 Å². The van der Waals surface area contributed by atoms with Crippen molar-refractivity contribution in [2.75, 3.05) is 24.7 Å². The zero-order chi connectivity index (χ0) is 29.7. The zero-order valence-corrected chi connectivity index (χ0v) is 24.7. The number of hydrogen-bond donors (Lipinski definition) is 1. The Labute approximate surface area is 243 Å². The molecule has 1 N–H and O–H groups in total. The summed E-state index contributed by atoms with van der Waals surface area (Å²) in [6.07, 6.45) is 1.91. The summed E-state index contributed by atoms with van der Waals surface area (Å²) < 4.78 is 16.5. The van der Waals surface area contributed by atoms with Gasteiger partial charge in [0.2, 0.25) is 0 Å². The van der Waals surface area contributed by atoms with Gasteiger partial charge in [0.05, 0.1) is 37.1 Å². The van der Waals surface area contributed by atoms with Crippen molar-refractivity contribution < 1.29 is 33.7 Å². The van der Waals surface area contributed by atoms with Crippen LogP contribution < -0.4 is 14.4 Å². The second-order valence-corrected chi connectivity index (χ2v) is 10.5. The van der Waals surface area contributed by atoms with Crippen molar-refractivity contribution in [1.82, 2.24) is 4.98 Å². The second-order valence-electron chi connectivity index (χ2n) is 9.48. The van der Waals surface area contributed by atoms with E-state index < -0.39 is 23.7 Å². The van der Waals surface area contributed by atoms with Gasteiger partial charge in [-0.3, -0.25) is 14.5 Å². The van der Waals surface area contributed by atoms with Gasteiger partial charge in [0.15, 0.2) is 5.13 Å². The van der Waals surface area contributed by atoms with Gasteiger partial charge in [-0.2, -0.15) is 0 Å². The Morgan fingerprint density at radius 3 is 2.34 bits per heavy atom. The van der Waals surface area contributed by atoms with E-state index in [0.29, 0.717) is 47.1 Å². The average molecular weight is 579 g/mol. The van der Waals surface area contributed by atoms with E-state index in [4.69, 9.17) is 14.2 Å². The first-order chi connectivity index (χ1) is 19.7. The fourth-order valence-electron chi connectivity index (χ4n) is 4.60. The Bertz CT molecular complexity index is 1480. The third kappa shape index (κ3) is 6.12. The number of amides is 1. The minimum Gasteiger partial charge on any atom is -0.507 e. The molecule has 4 rings (SSSR count). The van der Waals surface area contributed by atoms with Crippen LogP contribution in [0.5, 0.6) is 11.5 Å². The highest BCUT2D eigenvalue weighted by molar-refractivity contribution is 7.17. The number of esters is 1. The lowest BCUT2D eigenvalue weighted by Gasteiger charge is -2.23. The molecule has 1 fully saturated rings. The highest BCUT2D eigenvalue weighted by Gasteiger charge is 2.48. The van der Waals surface area contributed by atoms with Gasteiger partial charge in [0.25, 0.3) is 5.78 Å². The van der Waals surface area contributed by atoms with Crippen molar-refractivity contribution >= 4 is 39.9 Å². The molecule has 0 aliphatic carbocycles. The van der Waals surface area contributed by atoms with Crippen LogP contribution in [-0.2, 0) is 14.3 Å². The number of ketones is 1. The molecule has 0 unspecified atom stereocenters. The normalized spacial score (nSPS) is 16.2. The van der Waals surface area contributed by atoms with E-state index >= 15 is 0 Å². The Hall–Kier alpha value is -4.18. The zero-order valence-electron chi connectivity index (χ0n) is 23.9. The molecule has 1 aliphatic rings. The number of ether oxygens (including phenoxy) is 3. The fraction of sp³-hybridized carbons (Fsp3) is 0.355. The number of benzene rings is 2. The van der Waals surface area contributed by atoms with E-state index in [1.807, 2.05) is 6.92 Å². The van der Waals surface area contributed by atoms with E-state index in [1.54, 1.807) is 63.2 Å². The lowest BCUT2D eigenvalue weighted by atomic mass is 9.94. The summed E-state index contributed by atoms with van der Waals surface area (Å²) >= 11 is 0.968. The van der Waals surface area contributed by atoms with Crippen molar-refractivity contribution in [2.24, 2.45) is 0 Å². The molecule has 1 aromatic heterocycles. The molecule has 41 heavy (non-hydrogen) atoms. The number of aliphatic hydroxyl groups is 1. The molecular weight excluding hydrogens is 544 g/mol. The van der Waals surface area contributed by atoms with Crippen LogP contribution in [0.2, 0.25) is 0 Å². The average Bonchev–Trinajstić information content (AvgIpc) is 3.46. The SMILES string of the molecule is CCCCOc1ccc([C@@H]2C(=C(O)c3ccc(OCC)cc3C)C(=O)C(=O)N2c2nc(C)c(C(=O)OCC)s2)cc1. The lowest BCUT2D eigenvalue weighted by molar-refractivity contribution is -0.132. The van der Waals surface area contributed by atoms with Crippen LogP contribution in [0.25, 0.3) is 5.76 Å². The molecular formula is C31H34N2O7S. The number of anilines is 1. The Kier molecular flexibility index (Phi) is 9.44. The summed E-state index contributed by atoms with van der Waals surface area (Å²) in [7, 11) is 0. The number of carbonyl (C=O) groups excluding carboxylic acids is 3. The maximum absolute atomic E-state index is 13.6. The maximum atomic E-state index is 13.6. The predicted octanol–water partition coefficient (Wildman–Crippen LogP) is 6.14. The van der Waals surface area contributed by atoms with E-state index in [2.05, 4.69) is 11.9 Å². The van der Waals surface area contributed by atoms with E-state index in [1.165, 1.54) is 4.90 Å². The molecule has 9 nitrogen and oxygen atoms in total. The molecule has 1 amide bonds. The Balaban J connectivity index is 1.85. The topological polar surface area (TPSA) is 115 Å². The standard InChI is InChI=1S/C31H34N2O7S/c1-6-9-16-40-21-12-10-20(11-13-21)25-24(26(34)23-15-14-22(38-7-2)17-18(23)4)27(35)29(36)33(25)31-32-19(5)28(41-31)30(37)39-8-3/h10-15,17,25,34H,6-9,16H2,1-5H3/t25-/m1/s1. The Morgan fingerprint density at radius 2 is 1.71 bits per heavy atom. The minimum absolute atomic E-state index is 0.0764. The van der Waals surface area contributed by atoms with E-state index in [-0.39, 0.29) is 27.9 Å². The summed E-state index contributed by atoms with van der Waals surface area (Å²) in [6.45, 7) is 10.3. The van der Waals surface area contributed by atoms with Crippen LogP contribution in [0, 0.1) is 13.8 Å². The number of nitrogens with zero attached hydrogens (tertiary/aromatic N) is 2. The monoisotopic (exact) mass is 578 g/mol. The van der Waals surface area contributed by atoms with Crippen LogP contribution in [0.1, 0.15) is 71.7 Å². The van der Waals surface area contributed by atoms with Gasteiger partial charge in [-0.15, -0.1) is 0 Å². The summed E-state index contributed by atoms with van der Waals surface area (Å²) in [4.78, 5) is 45.6. The predicted molar refractivity (Wildman–Crippen MR) is 157 cm³/mol. The van der Waals surface area contributed by atoms with Crippen molar-refractivity contribution in [2.45, 2.75) is 53.5 Å². The molecule has 1 aliphatic heterocycles. The fourth-order valence-corrected chi connectivity index (χ4v) is 5.59. The number of hydrogen-bond acceptors (Lipinski definition) is 9. The molecule has 1 saturated heterocycles. The number of rotatable bonds is 11. The number of aliphatic hydroxyl groups excluding tert-OH is 1. The van der Waals surface area contributed by atoms with Crippen LogP contribution in [0.3, 0.4) is 0 Å². The number of thiazole rings is 1. The van der Waals surface area contributed by atoms with Gasteiger partial charge in [0, 0.05) is 5.56 Å². The smallest absolute Gasteiger partial charge is 0.350 e. The van der Waals surface area contributed by atoms with Crippen LogP contribution in [0.15, 0.2) is 48.0 Å². The van der Waals surface area contributed by atoms with Crippen molar-refractivity contribution in [3.05, 3.63) is 75.3 Å². The molecule has 0 radical (unpaired) electrons. The molecule has 1 atom stereocenters. The third-order valence-corrected chi connectivity index (χ3v) is 7.76. The van der Waals surface area contributed by atoms with Crippen LogP contribution in [0.4, 0.5) is 5.13 Å². The van der Waals surface area contributed by atoms with Gasteiger partial charge < -0.3 is 19.3 Å². The van der Waals surface area contributed by atoms with E-state index in [0.717, 1.165) is 24.2 Å². The molecule has 216 valence electrons. The van der Waals surface area contributed by atoms with Crippen LogP contribution in [-0.4, -0.2) is 47.6 Å². The van der Waals surface area contributed by atoms with Gasteiger partial charge in [-0.25, -0.2) is 9.78 Å². The van der Waals surface area contributed by atoms with Gasteiger partial charge in [-0.1, -0.05) is 36.8 Å². The molecule has 2 heterocycles. The summed E-state index contributed by atoms with van der Waals surface area (Å²) in [5, 5.41) is 11.7. The molecule has 0 spiro atoms. The summed E-state index contributed by atoms with van der Waals surface area (Å²) in [5.74, 6) is -1.29. The number of aryl methyl sites for hydroxylation is 2. The van der Waals surface area contributed by atoms with E-state index in [9.17, 15) is 19.5 Å². The molecule has 10 heteroatoms. The maximum Gasteiger partial charge on any atom is 0.350 e. The first kappa shape index (κ1) is 29.8. The number of unbranched alkanes of at least 4 members (excludes halogenated alkanes) is 1. The number of Topliss-reactive ketones (excluding diaryl/α,β-unsaturated/α-hetero) is 1. The first-order valence-electron chi connectivity index (χ1n) is 13.6. The Morgan fingerprint density at radius 1 is 1.00 bits per heavy atom. The summed E-state index contributed by atoms with van der Waals surface area (Å²) in [6, 6.07) is 11.2. The van der Waals surface area contributed by atoms with Crippen LogP contribution >= 0.6 is 11.3 Å². The largest absolute Gasteiger partial charge is 0.507 e. The first-order valence-corrected chi connectivity index (χ1v) is 14.4. The molecule has 0 bridgehead atoms. The van der Waals surface area contributed by atoms with Gasteiger partial charge in [0.1, 0.15) is 22.1 Å². The lowest BCUT2D eigenvalue weighted by Crippen LogP contribution is -2.29. The van der Waals surface area contributed by atoms with Gasteiger partial charge >= 0.3 is 11.9 Å². The summed E-state index contributed by atoms with van der Waals surface area (Å²) in [5.41, 5.74) is 1.95. The second kappa shape index (κ2) is 13.0.